The van der Waals surface area contributed by atoms with Gasteiger partial charge < -0.3 is 15.5 Å². The number of rotatable bonds is 4. The summed E-state index contributed by atoms with van der Waals surface area (Å²) in [5.74, 6) is 1.47. The first kappa shape index (κ1) is 14.1. The molecule has 0 bridgehead atoms. The van der Waals surface area contributed by atoms with Crippen molar-refractivity contribution in [3.8, 4) is 5.75 Å². The maximum Gasteiger partial charge on any atom is 0.166 e. The van der Waals surface area contributed by atoms with Crippen molar-refractivity contribution in [1.29, 1.82) is 0 Å². The van der Waals surface area contributed by atoms with E-state index in [0.717, 1.165) is 27.5 Å². The minimum absolute atomic E-state index is 0.669. The number of hydrogen-bond donors (Lipinski definition) is 2. The van der Waals surface area contributed by atoms with E-state index in [-0.39, 0.29) is 0 Å². The molecule has 2 aromatic carbocycles. The van der Waals surface area contributed by atoms with E-state index in [9.17, 15) is 0 Å². The zero-order valence-electron chi connectivity index (χ0n) is 11.4. The molecule has 0 aliphatic heterocycles. The Morgan fingerprint density at radius 1 is 1.33 bits per heavy atom. The van der Waals surface area contributed by atoms with Gasteiger partial charge in [-0.3, -0.25) is 0 Å². The third-order valence-corrected chi connectivity index (χ3v) is 4.43. The molecule has 0 spiro atoms. The SMILES string of the molecule is COc1ccc2nc(SCc3c(N)cccc3Cl)[nH]c2c1. The van der Waals surface area contributed by atoms with Gasteiger partial charge in [0, 0.05) is 28.1 Å². The van der Waals surface area contributed by atoms with E-state index in [0.29, 0.717) is 16.5 Å². The Hall–Kier alpha value is -1.85. The number of nitrogens with two attached hydrogens (primary N) is 1. The van der Waals surface area contributed by atoms with Crippen LogP contribution in [-0.2, 0) is 5.75 Å². The van der Waals surface area contributed by atoms with Crippen molar-refractivity contribution >= 4 is 40.1 Å². The fraction of sp³-hybridized carbons (Fsp3) is 0.133. The van der Waals surface area contributed by atoms with Gasteiger partial charge in [0.1, 0.15) is 5.75 Å². The number of imidazole rings is 1. The molecule has 0 saturated heterocycles. The largest absolute Gasteiger partial charge is 0.497 e. The highest BCUT2D eigenvalue weighted by Crippen LogP contribution is 2.30. The Bertz CT molecular complexity index is 767. The van der Waals surface area contributed by atoms with E-state index in [2.05, 4.69) is 9.97 Å². The number of thioether (sulfide) groups is 1. The Morgan fingerprint density at radius 2 is 2.19 bits per heavy atom. The number of aromatic nitrogens is 2. The highest BCUT2D eigenvalue weighted by Gasteiger charge is 2.08. The smallest absolute Gasteiger partial charge is 0.166 e. The minimum Gasteiger partial charge on any atom is -0.497 e. The number of ether oxygens (including phenoxy) is 1. The van der Waals surface area contributed by atoms with Crippen LogP contribution < -0.4 is 10.5 Å². The van der Waals surface area contributed by atoms with Crippen molar-refractivity contribution in [3.63, 3.8) is 0 Å². The first-order valence-corrected chi connectivity index (χ1v) is 7.73. The fourth-order valence-corrected chi connectivity index (χ4v) is 3.30. The molecule has 0 unspecified atom stereocenters. The zero-order valence-corrected chi connectivity index (χ0v) is 13.0. The number of aromatic amines is 1. The summed E-state index contributed by atoms with van der Waals surface area (Å²) in [4.78, 5) is 7.80. The van der Waals surface area contributed by atoms with E-state index in [1.54, 1.807) is 18.9 Å². The second kappa shape index (κ2) is 5.87. The molecule has 3 rings (SSSR count). The van der Waals surface area contributed by atoms with Crippen LogP contribution in [-0.4, -0.2) is 17.1 Å². The molecule has 108 valence electrons. The highest BCUT2D eigenvalue weighted by molar-refractivity contribution is 7.98. The number of halogens is 1. The first-order chi connectivity index (χ1) is 10.2. The van der Waals surface area contributed by atoms with E-state index in [4.69, 9.17) is 22.1 Å². The Balaban J connectivity index is 1.82. The molecule has 0 saturated carbocycles. The van der Waals surface area contributed by atoms with Crippen LogP contribution >= 0.6 is 23.4 Å². The number of fused-ring (bicyclic) bond motifs is 1. The quantitative estimate of drug-likeness (QED) is 0.561. The van der Waals surface area contributed by atoms with E-state index >= 15 is 0 Å². The topological polar surface area (TPSA) is 63.9 Å². The van der Waals surface area contributed by atoms with E-state index < -0.39 is 0 Å². The van der Waals surface area contributed by atoms with Gasteiger partial charge in [0.15, 0.2) is 5.16 Å². The molecule has 4 nitrogen and oxygen atoms in total. The first-order valence-electron chi connectivity index (χ1n) is 6.37. The molecule has 1 heterocycles. The van der Waals surface area contributed by atoms with Crippen LogP contribution in [0.1, 0.15) is 5.56 Å². The molecule has 1 aromatic heterocycles. The molecular formula is C15H14ClN3OS. The predicted octanol–water partition coefficient (Wildman–Crippen LogP) is 4.10. The van der Waals surface area contributed by atoms with Crippen LogP contribution in [0.4, 0.5) is 5.69 Å². The summed E-state index contributed by atoms with van der Waals surface area (Å²) in [7, 11) is 1.65. The van der Waals surface area contributed by atoms with Crippen LogP contribution in [0.5, 0.6) is 5.75 Å². The zero-order chi connectivity index (χ0) is 14.8. The molecule has 0 amide bonds. The number of methoxy groups -OCH3 is 1. The predicted molar refractivity (Wildman–Crippen MR) is 88.1 cm³/mol. The van der Waals surface area contributed by atoms with Crippen molar-refractivity contribution in [2.75, 3.05) is 12.8 Å². The summed E-state index contributed by atoms with van der Waals surface area (Å²) in [5.41, 5.74) is 9.44. The van der Waals surface area contributed by atoms with Crippen molar-refractivity contribution in [1.82, 2.24) is 9.97 Å². The second-order valence-corrected chi connectivity index (χ2v) is 5.89. The molecule has 0 radical (unpaired) electrons. The summed E-state index contributed by atoms with van der Waals surface area (Å²) < 4.78 is 5.20. The molecule has 21 heavy (non-hydrogen) atoms. The van der Waals surface area contributed by atoms with Gasteiger partial charge in [-0.1, -0.05) is 29.4 Å². The van der Waals surface area contributed by atoms with Crippen LogP contribution in [0.2, 0.25) is 5.02 Å². The van der Waals surface area contributed by atoms with Crippen molar-refractivity contribution in [2.45, 2.75) is 10.9 Å². The molecular weight excluding hydrogens is 306 g/mol. The lowest BCUT2D eigenvalue weighted by atomic mass is 10.2. The summed E-state index contributed by atoms with van der Waals surface area (Å²) >= 11 is 7.74. The normalized spacial score (nSPS) is 11.0. The second-order valence-electron chi connectivity index (χ2n) is 4.52. The minimum atomic E-state index is 0.669. The summed E-state index contributed by atoms with van der Waals surface area (Å²) in [6.07, 6.45) is 0. The standard InChI is InChI=1S/C15H14ClN3OS/c1-20-9-5-6-13-14(7-9)19-15(18-13)21-8-10-11(16)3-2-4-12(10)17/h2-7H,8,17H2,1H3,(H,18,19). The Kier molecular flexibility index (Phi) is 3.94. The van der Waals surface area contributed by atoms with Gasteiger partial charge in [-0.25, -0.2) is 4.98 Å². The van der Waals surface area contributed by atoms with Crippen LogP contribution in [0, 0.1) is 0 Å². The van der Waals surface area contributed by atoms with Crippen molar-refractivity contribution in [3.05, 3.63) is 47.0 Å². The monoisotopic (exact) mass is 319 g/mol. The number of H-pyrrole nitrogens is 1. The van der Waals surface area contributed by atoms with E-state index in [1.807, 2.05) is 36.4 Å². The van der Waals surface area contributed by atoms with Crippen molar-refractivity contribution < 1.29 is 4.74 Å². The number of nitrogens with one attached hydrogen (secondary N) is 1. The molecule has 0 fully saturated rings. The van der Waals surface area contributed by atoms with Crippen LogP contribution in [0.25, 0.3) is 11.0 Å². The number of anilines is 1. The van der Waals surface area contributed by atoms with Gasteiger partial charge >= 0.3 is 0 Å². The van der Waals surface area contributed by atoms with Gasteiger partial charge in [-0.15, -0.1) is 0 Å². The lowest BCUT2D eigenvalue weighted by Gasteiger charge is -2.06. The third kappa shape index (κ3) is 2.94. The maximum absolute atomic E-state index is 6.17. The van der Waals surface area contributed by atoms with Gasteiger partial charge in [-0.2, -0.15) is 0 Å². The third-order valence-electron chi connectivity index (χ3n) is 3.18. The maximum atomic E-state index is 6.17. The molecule has 3 aromatic rings. The lowest BCUT2D eigenvalue weighted by molar-refractivity contribution is 0.415. The van der Waals surface area contributed by atoms with Crippen LogP contribution in [0.15, 0.2) is 41.6 Å². The highest BCUT2D eigenvalue weighted by atomic mass is 35.5. The Labute approximate surface area is 131 Å². The number of benzene rings is 2. The van der Waals surface area contributed by atoms with E-state index in [1.165, 1.54) is 0 Å². The molecule has 0 aliphatic rings. The number of nitrogen functional groups attached to an aromatic ring is 1. The molecule has 3 N–H and O–H groups in total. The van der Waals surface area contributed by atoms with Gasteiger partial charge in [-0.05, 0) is 24.3 Å². The summed E-state index contributed by atoms with van der Waals surface area (Å²) in [6, 6.07) is 11.3. The Morgan fingerprint density at radius 3 is 2.95 bits per heavy atom. The molecule has 6 heteroatoms. The lowest BCUT2D eigenvalue weighted by Crippen LogP contribution is -1.93. The van der Waals surface area contributed by atoms with Gasteiger partial charge in [0.2, 0.25) is 0 Å². The summed E-state index contributed by atoms with van der Waals surface area (Å²) in [6.45, 7) is 0. The average Bonchev–Trinajstić information content (AvgIpc) is 2.88. The summed E-state index contributed by atoms with van der Waals surface area (Å²) in [5, 5.41) is 1.51. The average molecular weight is 320 g/mol. The number of hydrogen-bond acceptors (Lipinski definition) is 4. The fourth-order valence-electron chi connectivity index (χ4n) is 2.03. The molecule has 0 aliphatic carbocycles. The van der Waals surface area contributed by atoms with Crippen molar-refractivity contribution in [2.24, 2.45) is 0 Å². The van der Waals surface area contributed by atoms with Gasteiger partial charge in [0.25, 0.3) is 0 Å². The number of nitrogens with zero attached hydrogens (tertiary/aromatic N) is 1. The van der Waals surface area contributed by atoms with Crippen LogP contribution in [0.3, 0.4) is 0 Å². The molecule has 0 atom stereocenters. The van der Waals surface area contributed by atoms with Gasteiger partial charge in [0.05, 0.1) is 18.1 Å².